The summed E-state index contributed by atoms with van der Waals surface area (Å²) in [6.07, 6.45) is 4.83. The molecule has 2 heterocycles. The van der Waals surface area contributed by atoms with Gasteiger partial charge in [0, 0.05) is 37.1 Å². The van der Waals surface area contributed by atoms with E-state index in [2.05, 4.69) is 28.5 Å². The number of nitrogens with one attached hydrogen (secondary N) is 1. The molecule has 0 atom stereocenters. The lowest BCUT2D eigenvalue weighted by Gasteiger charge is -2.30. The van der Waals surface area contributed by atoms with E-state index < -0.39 is 10.0 Å². The highest BCUT2D eigenvalue weighted by Gasteiger charge is 2.32. The first-order chi connectivity index (χ1) is 15.0. The molecule has 7 heteroatoms. The third-order valence-corrected chi connectivity index (χ3v) is 8.04. The predicted molar refractivity (Wildman–Crippen MR) is 119 cm³/mol. The summed E-state index contributed by atoms with van der Waals surface area (Å²) in [5.74, 6) is -0.259. The van der Waals surface area contributed by atoms with Gasteiger partial charge in [-0.05, 0) is 65.8 Å². The van der Waals surface area contributed by atoms with Crippen molar-refractivity contribution in [1.82, 2.24) is 9.29 Å². The van der Waals surface area contributed by atoms with E-state index in [1.807, 2.05) is 24.3 Å². The summed E-state index contributed by atoms with van der Waals surface area (Å²) in [6, 6.07) is 17.6. The number of amides is 1. The first-order valence-corrected chi connectivity index (χ1v) is 11.9. The van der Waals surface area contributed by atoms with Crippen molar-refractivity contribution in [2.75, 3.05) is 18.4 Å². The fourth-order valence-electron chi connectivity index (χ4n) is 4.45. The molecule has 158 valence electrons. The Morgan fingerprint density at radius 3 is 2.52 bits per heavy atom. The van der Waals surface area contributed by atoms with Gasteiger partial charge in [0.2, 0.25) is 15.9 Å². The minimum Gasteiger partial charge on any atom is -0.326 e. The third kappa shape index (κ3) is 3.75. The Balaban J connectivity index is 1.24. The Morgan fingerprint density at radius 2 is 1.74 bits per heavy atom. The number of sulfonamides is 1. The Labute approximate surface area is 182 Å². The second-order valence-electron chi connectivity index (χ2n) is 8.06. The van der Waals surface area contributed by atoms with E-state index in [0.717, 1.165) is 12.1 Å². The van der Waals surface area contributed by atoms with Crippen molar-refractivity contribution in [3.8, 4) is 11.1 Å². The zero-order chi connectivity index (χ0) is 21.4. The van der Waals surface area contributed by atoms with Crippen molar-refractivity contribution in [2.45, 2.75) is 24.2 Å². The number of anilines is 1. The zero-order valence-corrected chi connectivity index (χ0v) is 17.8. The molecule has 0 spiro atoms. The smallest absolute Gasteiger partial charge is 0.244 e. The van der Waals surface area contributed by atoms with Crippen LogP contribution in [-0.2, 0) is 21.2 Å². The molecule has 5 rings (SSSR count). The van der Waals surface area contributed by atoms with E-state index in [4.69, 9.17) is 0 Å². The molecule has 3 aromatic rings. The summed E-state index contributed by atoms with van der Waals surface area (Å²) >= 11 is 0. The quantitative estimate of drug-likeness (QED) is 0.532. The van der Waals surface area contributed by atoms with E-state index >= 15 is 0 Å². The minimum atomic E-state index is -3.57. The van der Waals surface area contributed by atoms with Gasteiger partial charge in [-0.2, -0.15) is 4.31 Å². The molecule has 1 fully saturated rings. The lowest BCUT2D eigenvalue weighted by atomic mass is 9.97. The third-order valence-electron chi connectivity index (χ3n) is 6.16. The lowest BCUT2D eigenvalue weighted by molar-refractivity contribution is -0.120. The summed E-state index contributed by atoms with van der Waals surface area (Å²) < 4.78 is 26.9. The number of carbonyl (C=O) groups is 1. The fourth-order valence-corrected chi connectivity index (χ4v) is 5.89. The van der Waals surface area contributed by atoms with Crippen LogP contribution in [-0.4, -0.2) is 36.7 Å². The van der Waals surface area contributed by atoms with Gasteiger partial charge in [0.05, 0.1) is 0 Å². The Kier molecular flexibility index (Phi) is 5.08. The van der Waals surface area contributed by atoms with Gasteiger partial charge in [0.1, 0.15) is 4.90 Å². The van der Waals surface area contributed by atoms with Crippen molar-refractivity contribution in [3.63, 3.8) is 0 Å². The largest absolute Gasteiger partial charge is 0.326 e. The van der Waals surface area contributed by atoms with E-state index in [0.29, 0.717) is 25.9 Å². The second-order valence-corrected chi connectivity index (χ2v) is 10.0. The van der Waals surface area contributed by atoms with Gasteiger partial charge in [-0.25, -0.2) is 8.42 Å². The molecule has 1 amide bonds. The molecular formula is C24H23N3O3S. The maximum atomic E-state index is 12.9. The first-order valence-electron chi connectivity index (χ1n) is 10.4. The van der Waals surface area contributed by atoms with Crippen LogP contribution in [0.1, 0.15) is 24.0 Å². The normalized spacial score (nSPS) is 16.5. The Hall–Kier alpha value is -3.03. The van der Waals surface area contributed by atoms with Gasteiger partial charge < -0.3 is 5.32 Å². The van der Waals surface area contributed by atoms with Crippen LogP contribution in [0.3, 0.4) is 0 Å². The Bertz CT molecular complexity index is 1230. The molecule has 1 aromatic heterocycles. The molecule has 1 N–H and O–H groups in total. The highest BCUT2D eigenvalue weighted by molar-refractivity contribution is 7.89. The van der Waals surface area contributed by atoms with Crippen molar-refractivity contribution < 1.29 is 13.2 Å². The highest BCUT2D eigenvalue weighted by atomic mass is 32.2. The van der Waals surface area contributed by atoms with Gasteiger partial charge in [-0.1, -0.05) is 30.3 Å². The van der Waals surface area contributed by atoms with Gasteiger partial charge in [-0.3, -0.25) is 9.78 Å². The number of hydrogen-bond donors (Lipinski definition) is 1. The standard InChI is InChI=1S/C24H23N3O3S/c28-24(17-9-12-27(13-10-17)31(29,30)21-5-3-11-25-16-21)26-20-8-7-19-14-18-4-1-2-6-22(18)23(19)15-20/h1-8,11,15-17H,9-10,12-14H2,(H,26,28). The number of nitrogens with zero attached hydrogens (tertiary/aromatic N) is 2. The van der Waals surface area contributed by atoms with Gasteiger partial charge >= 0.3 is 0 Å². The number of pyridine rings is 1. The van der Waals surface area contributed by atoms with Crippen LogP contribution in [0, 0.1) is 5.92 Å². The average molecular weight is 434 g/mol. The van der Waals surface area contributed by atoms with E-state index in [1.165, 1.54) is 32.8 Å². The van der Waals surface area contributed by atoms with E-state index in [1.54, 1.807) is 18.3 Å². The number of carbonyl (C=O) groups excluding carboxylic acids is 1. The number of piperidine rings is 1. The highest BCUT2D eigenvalue weighted by Crippen LogP contribution is 2.38. The van der Waals surface area contributed by atoms with Crippen LogP contribution in [0.5, 0.6) is 0 Å². The van der Waals surface area contributed by atoms with Crippen molar-refractivity contribution in [3.05, 3.63) is 78.1 Å². The molecule has 2 aromatic carbocycles. The van der Waals surface area contributed by atoms with Crippen LogP contribution in [0.2, 0.25) is 0 Å². The van der Waals surface area contributed by atoms with Crippen LogP contribution in [0.25, 0.3) is 11.1 Å². The molecular weight excluding hydrogens is 410 g/mol. The molecule has 1 aliphatic heterocycles. The van der Waals surface area contributed by atoms with Gasteiger partial charge in [-0.15, -0.1) is 0 Å². The molecule has 0 radical (unpaired) electrons. The summed E-state index contributed by atoms with van der Waals surface area (Å²) in [5, 5.41) is 3.04. The summed E-state index contributed by atoms with van der Waals surface area (Å²) in [4.78, 5) is 16.9. The average Bonchev–Trinajstić information content (AvgIpc) is 3.18. The maximum Gasteiger partial charge on any atom is 0.244 e. The summed E-state index contributed by atoms with van der Waals surface area (Å²) in [6.45, 7) is 0.653. The Morgan fingerprint density at radius 1 is 0.968 bits per heavy atom. The minimum absolute atomic E-state index is 0.0512. The molecule has 6 nitrogen and oxygen atoms in total. The topological polar surface area (TPSA) is 79.4 Å². The molecule has 0 saturated carbocycles. The zero-order valence-electron chi connectivity index (χ0n) is 17.0. The van der Waals surface area contributed by atoms with Gasteiger partial charge in [0.25, 0.3) is 0 Å². The lowest BCUT2D eigenvalue weighted by Crippen LogP contribution is -2.41. The van der Waals surface area contributed by atoms with Gasteiger partial charge in [0.15, 0.2) is 0 Å². The number of benzene rings is 2. The second kappa shape index (κ2) is 7.90. The number of hydrogen-bond acceptors (Lipinski definition) is 4. The number of rotatable bonds is 4. The van der Waals surface area contributed by atoms with Crippen molar-refractivity contribution >= 4 is 21.6 Å². The number of aromatic nitrogens is 1. The van der Waals surface area contributed by atoms with E-state index in [9.17, 15) is 13.2 Å². The fraction of sp³-hybridized carbons (Fsp3) is 0.250. The van der Waals surface area contributed by atoms with Crippen LogP contribution in [0.4, 0.5) is 5.69 Å². The maximum absolute atomic E-state index is 12.9. The molecule has 0 unspecified atom stereocenters. The molecule has 1 saturated heterocycles. The van der Waals surface area contributed by atoms with Crippen molar-refractivity contribution in [2.24, 2.45) is 5.92 Å². The van der Waals surface area contributed by atoms with E-state index in [-0.39, 0.29) is 16.7 Å². The predicted octanol–water partition coefficient (Wildman–Crippen LogP) is 3.69. The van der Waals surface area contributed by atoms with Crippen LogP contribution >= 0.6 is 0 Å². The number of fused-ring (bicyclic) bond motifs is 3. The molecule has 31 heavy (non-hydrogen) atoms. The SMILES string of the molecule is O=C(Nc1ccc2c(c1)-c1ccccc1C2)C1CCN(S(=O)(=O)c2cccnc2)CC1. The monoisotopic (exact) mass is 433 g/mol. The van der Waals surface area contributed by atoms with Crippen LogP contribution in [0.15, 0.2) is 71.9 Å². The first kappa shape index (κ1) is 19.9. The molecule has 0 bridgehead atoms. The summed E-state index contributed by atoms with van der Waals surface area (Å²) in [7, 11) is -3.57. The molecule has 1 aliphatic carbocycles. The molecule has 2 aliphatic rings. The van der Waals surface area contributed by atoms with Crippen LogP contribution < -0.4 is 5.32 Å². The summed E-state index contributed by atoms with van der Waals surface area (Å²) in [5.41, 5.74) is 5.76. The van der Waals surface area contributed by atoms with Crippen molar-refractivity contribution in [1.29, 1.82) is 0 Å².